The Bertz CT molecular complexity index is 362. The van der Waals surface area contributed by atoms with Crippen LogP contribution in [0.1, 0.15) is 37.0 Å². The first kappa shape index (κ1) is 14.5. The number of unbranched alkanes of at least 4 members (excludes halogenated alkanes) is 1. The van der Waals surface area contributed by atoms with E-state index in [1.54, 1.807) is 31.2 Å². The molecule has 1 unspecified atom stereocenters. The molecule has 18 heavy (non-hydrogen) atoms. The lowest BCUT2D eigenvalue weighted by atomic mass is 10.2. The van der Waals surface area contributed by atoms with E-state index in [-0.39, 0.29) is 18.6 Å². The number of carbonyl (C=O) groups is 1. The third kappa shape index (κ3) is 4.75. The number of hydrogen-bond acceptors (Lipinski definition) is 3. The van der Waals surface area contributed by atoms with Gasteiger partial charge in [-0.2, -0.15) is 0 Å². The number of hydrogen-bond donors (Lipinski definition) is 2. The van der Waals surface area contributed by atoms with Gasteiger partial charge in [0.05, 0.1) is 13.2 Å². The summed E-state index contributed by atoms with van der Waals surface area (Å²) in [5, 5.41) is 11.5. The van der Waals surface area contributed by atoms with Gasteiger partial charge in [-0.05, 0) is 37.6 Å². The number of nitrogens with one attached hydrogen (secondary N) is 1. The number of ether oxygens (including phenoxy) is 1. The van der Waals surface area contributed by atoms with E-state index in [4.69, 9.17) is 9.84 Å². The van der Waals surface area contributed by atoms with Crippen molar-refractivity contribution >= 4 is 5.91 Å². The van der Waals surface area contributed by atoms with Crippen LogP contribution in [0.5, 0.6) is 5.75 Å². The predicted octanol–water partition coefficient (Wildman–Crippen LogP) is 1.98. The molecule has 0 aliphatic carbocycles. The summed E-state index contributed by atoms with van der Waals surface area (Å²) in [5.41, 5.74) is 0.568. The number of amides is 1. The van der Waals surface area contributed by atoms with E-state index in [2.05, 4.69) is 12.2 Å². The van der Waals surface area contributed by atoms with Gasteiger partial charge in [-0.1, -0.05) is 13.3 Å². The zero-order valence-corrected chi connectivity index (χ0v) is 11.0. The second kappa shape index (κ2) is 7.71. The van der Waals surface area contributed by atoms with Crippen LogP contribution in [0.15, 0.2) is 24.3 Å². The summed E-state index contributed by atoms with van der Waals surface area (Å²) < 4.78 is 5.51. The molecule has 4 heteroatoms. The van der Waals surface area contributed by atoms with Crippen LogP contribution in [0.2, 0.25) is 0 Å². The van der Waals surface area contributed by atoms with Crippen molar-refractivity contribution in [2.45, 2.75) is 32.7 Å². The van der Waals surface area contributed by atoms with Gasteiger partial charge in [-0.15, -0.1) is 0 Å². The molecule has 0 saturated heterocycles. The molecule has 1 aromatic carbocycles. The van der Waals surface area contributed by atoms with Crippen molar-refractivity contribution in [2.75, 3.05) is 13.2 Å². The van der Waals surface area contributed by atoms with Gasteiger partial charge in [0.25, 0.3) is 5.91 Å². The Morgan fingerprint density at radius 1 is 1.39 bits per heavy atom. The van der Waals surface area contributed by atoms with Crippen LogP contribution >= 0.6 is 0 Å². The smallest absolute Gasteiger partial charge is 0.251 e. The summed E-state index contributed by atoms with van der Waals surface area (Å²) in [4.78, 5) is 11.7. The summed E-state index contributed by atoms with van der Waals surface area (Å²) in [6.07, 6.45) is 2.12. The Morgan fingerprint density at radius 2 is 2.06 bits per heavy atom. The molecule has 0 aliphatic heterocycles. The first-order valence-corrected chi connectivity index (χ1v) is 6.32. The second-order valence-electron chi connectivity index (χ2n) is 4.28. The molecule has 1 aromatic rings. The Labute approximate surface area is 108 Å². The Hall–Kier alpha value is -1.55. The minimum absolute atomic E-state index is 0.0655. The molecule has 100 valence electrons. The first-order valence-electron chi connectivity index (χ1n) is 6.32. The number of aliphatic hydroxyl groups excluding tert-OH is 1. The molecule has 4 nitrogen and oxygen atoms in total. The van der Waals surface area contributed by atoms with E-state index < -0.39 is 0 Å². The van der Waals surface area contributed by atoms with E-state index in [0.717, 1.165) is 18.6 Å². The zero-order chi connectivity index (χ0) is 13.4. The molecule has 0 heterocycles. The minimum atomic E-state index is -0.238. The number of benzene rings is 1. The molecule has 0 aliphatic rings. The average molecular weight is 251 g/mol. The highest BCUT2D eigenvalue weighted by Gasteiger charge is 2.08. The van der Waals surface area contributed by atoms with E-state index in [9.17, 15) is 4.79 Å². The van der Waals surface area contributed by atoms with E-state index in [1.807, 2.05) is 0 Å². The summed E-state index contributed by atoms with van der Waals surface area (Å²) in [5.74, 6) is 0.590. The van der Waals surface area contributed by atoms with Crippen LogP contribution in [0.25, 0.3) is 0 Å². The molecule has 2 N–H and O–H groups in total. The fourth-order valence-corrected chi connectivity index (χ4v) is 1.39. The molecular formula is C14H21NO3. The molecule has 1 amide bonds. The molecule has 0 bridgehead atoms. The van der Waals surface area contributed by atoms with Crippen LogP contribution in [-0.2, 0) is 0 Å². The molecule has 1 rings (SSSR count). The maximum Gasteiger partial charge on any atom is 0.251 e. The molecular weight excluding hydrogens is 230 g/mol. The van der Waals surface area contributed by atoms with E-state index in [0.29, 0.717) is 12.2 Å². The maximum atomic E-state index is 11.7. The van der Waals surface area contributed by atoms with Crippen molar-refractivity contribution in [3.8, 4) is 5.75 Å². The highest BCUT2D eigenvalue weighted by molar-refractivity contribution is 5.94. The van der Waals surface area contributed by atoms with Gasteiger partial charge in [0.15, 0.2) is 0 Å². The van der Waals surface area contributed by atoms with Gasteiger partial charge in [-0.25, -0.2) is 0 Å². The Kier molecular flexibility index (Phi) is 6.22. The normalized spacial score (nSPS) is 11.9. The van der Waals surface area contributed by atoms with Crippen molar-refractivity contribution in [3.63, 3.8) is 0 Å². The van der Waals surface area contributed by atoms with E-state index >= 15 is 0 Å². The standard InChI is InChI=1S/C14H21NO3/c1-3-4-9-18-13-7-5-12(6-8-13)14(17)15-11(2)10-16/h5-8,11,16H,3-4,9-10H2,1-2H3,(H,15,17). The Balaban J connectivity index is 2.51. The molecule has 0 aromatic heterocycles. The Morgan fingerprint density at radius 3 is 2.61 bits per heavy atom. The monoisotopic (exact) mass is 251 g/mol. The van der Waals surface area contributed by atoms with Gasteiger partial charge in [-0.3, -0.25) is 4.79 Å². The third-order valence-electron chi connectivity index (χ3n) is 2.53. The molecule has 0 saturated carbocycles. The summed E-state index contributed by atoms with van der Waals surface area (Å²) in [7, 11) is 0. The average Bonchev–Trinajstić information content (AvgIpc) is 2.39. The number of rotatable bonds is 7. The van der Waals surface area contributed by atoms with Crippen molar-refractivity contribution in [1.29, 1.82) is 0 Å². The predicted molar refractivity (Wildman–Crippen MR) is 70.9 cm³/mol. The largest absolute Gasteiger partial charge is 0.494 e. The van der Waals surface area contributed by atoms with Gasteiger partial charge >= 0.3 is 0 Å². The van der Waals surface area contributed by atoms with E-state index in [1.165, 1.54) is 0 Å². The first-order chi connectivity index (χ1) is 8.67. The topological polar surface area (TPSA) is 58.6 Å². The summed E-state index contributed by atoms with van der Waals surface area (Å²) in [6.45, 7) is 4.49. The second-order valence-corrected chi connectivity index (χ2v) is 4.28. The van der Waals surface area contributed by atoms with Crippen LogP contribution in [0, 0.1) is 0 Å². The SMILES string of the molecule is CCCCOc1ccc(C(=O)NC(C)CO)cc1. The minimum Gasteiger partial charge on any atom is -0.494 e. The number of carbonyl (C=O) groups excluding carboxylic acids is 1. The van der Waals surface area contributed by atoms with Crippen molar-refractivity contribution in [2.24, 2.45) is 0 Å². The van der Waals surface area contributed by atoms with Crippen molar-refractivity contribution in [3.05, 3.63) is 29.8 Å². The maximum absolute atomic E-state index is 11.7. The number of aliphatic hydroxyl groups is 1. The van der Waals surface area contributed by atoms with Crippen LogP contribution in [0.4, 0.5) is 0 Å². The van der Waals surface area contributed by atoms with Gasteiger partial charge in [0.1, 0.15) is 5.75 Å². The molecule has 0 radical (unpaired) electrons. The van der Waals surface area contributed by atoms with Crippen LogP contribution in [0.3, 0.4) is 0 Å². The highest BCUT2D eigenvalue weighted by Crippen LogP contribution is 2.12. The highest BCUT2D eigenvalue weighted by atomic mass is 16.5. The molecule has 1 atom stereocenters. The van der Waals surface area contributed by atoms with Crippen molar-refractivity contribution in [1.82, 2.24) is 5.32 Å². The zero-order valence-electron chi connectivity index (χ0n) is 11.0. The lowest BCUT2D eigenvalue weighted by Gasteiger charge is -2.11. The van der Waals surface area contributed by atoms with Crippen LogP contribution < -0.4 is 10.1 Å². The fraction of sp³-hybridized carbons (Fsp3) is 0.500. The summed E-state index contributed by atoms with van der Waals surface area (Å²) in [6, 6.07) is 6.78. The molecule has 0 fully saturated rings. The molecule has 0 spiro atoms. The lowest BCUT2D eigenvalue weighted by Crippen LogP contribution is -2.34. The quantitative estimate of drug-likeness (QED) is 0.728. The lowest BCUT2D eigenvalue weighted by molar-refractivity contribution is 0.0922. The van der Waals surface area contributed by atoms with Gasteiger partial charge < -0.3 is 15.2 Å². The summed E-state index contributed by atoms with van der Waals surface area (Å²) >= 11 is 0. The van der Waals surface area contributed by atoms with Crippen LogP contribution in [-0.4, -0.2) is 30.3 Å². The van der Waals surface area contributed by atoms with Crippen molar-refractivity contribution < 1.29 is 14.6 Å². The van der Waals surface area contributed by atoms with Gasteiger partial charge in [0, 0.05) is 11.6 Å². The fourth-order valence-electron chi connectivity index (χ4n) is 1.39. The third-order valence-corrected chi connectivity index (χ3v) is 2.53. The van der Waals surface area contributed by atoms with Gasteiger partial charge in [0.2, 0.25) is 0 Å².